The molecule has 0 spiro atoms. The Balaban J connectivity index is 3.06. The molecule has 0 saturated carbocycles. The third-order valence-electron chi connectivity index (χ3n) is 1.37. The molecule has 6 nitrogen and oxygen atoms in total. The van der Waals surface area contributed by atoms with Crippen LogP contribution in [0.2, 0.25) is 5.28 Å². The summed E-state index contributed by atoms with van der Waals surface area (Å²) in [5.41, 5.74) is 0.284. The van der Waals surface area contributed by atoms with Crippen molar-refractivity contribution in [3.8, 4) is 0 Å². The lowest BCUT2D eigenvalue weighted by molar-refractivity contribution is 0.0593. The van der Waals surface area contributed by atoms with Gasteiger partial charge in [0.2, 0.25) is 5.28 Å². The number of methoxy groups -OCH3 is 1. The highest BCUT2D eigenvalue weighted by Gasteiger charge is 2.10. The number of rotatable bonds is 3. The largest absolute Gasteiger partial charge is 0.464 e. The van der Waals surface area contributed by atoms with Crippen LogP contribution in [-0.2, 0) is 11.3 Å². The highest BCUT2D eigenvalue weighted by atomic mass is 35.5. The molecule has 0 aromatic carbocycles. The average molecular weight is 216 g/mol. The number of carbonyl (C=O) groups is 1. The van der Waals surface area contributed by atoms with Gasteiger partial charge < -0.3 is 4.74 Å². The van der Waals surface area contributed by atoms with Crippen molar-refractivity contribution >= 4 is 17.6 Å². The molecule has 0 radical (unpaired) electrons. The highest BCUT2D eigenvalue weighted by Crippen LogP contribution is 2.08. The van der Waals surface area contributed by atoms with Crippen LogP contribution < -0.4 is 0 Å². The van der Waals surface area contributed by atoms with Gasteiger partial charge >= 0.3 is 5.97 Å². The van der Waals surface area contributed by atoms with Crippen molar-refractivity contribution in [1.82, 2.24) is 9.97 Å². The highest BCUT2D eigenvalue weighted by molar-refractivity contribution is 6.28. The summed E-state index contributed by atoms with van der Waals surface area (Å²) in [5, 5.41) is 2.50. The molecule has 0 aliphatic rings. The molecule has 0 fully saturated rings. The lowest BCUT2D eigenvalue weighted by atomic mass is 10.3. The van der Waals surface area contributed by atoms with Crippen molar-refractivity contribution in [2.24, 2.45) is 5.18 Å². The second kappa shape index (κ2) is 4.61. The quantitative estimate of drug-likeness (QED) is 0.430. The molecule has 74 valence electrons. The summed E-state index contributed by atoms with van der Waals surface area (Å²) in [6.07, 6.45) is 0. The maximum Gasteiger partial charge on any atom is 0.356 e. The number of hydrogen-bond acceptors (Lipinski definition) is 6. The Morgan fingerprint density at radius 3 is 2.93 bits per heavy atom. The number of aromatic nitrogens is 2. The smallest absolute Gasteiger partial charge is 0.356 e. The molecule has 0 bridgehead atoms. The molecule has 0 N–H and O–H groups in total. The van der Waals surface area contributed by atoms with Gasteiger partial charge in [0.05, 0.1) is 12.8 Å². The molecular weight excluding hydrogens is 210 g/mol. The number of esters is 1. The molecule has 7 heteroatoms. The molecule has 1 aromatic rings. The van der Waals surface area contributed by atoms with Crippen molar-refractivity contribution in [3.63, 3.8) is 0 Å². The second-order valence-corrected chi connectivity index (χ2v) is 2.63. The van der Waals surface area contributed by atoms with E-state index < -0.39 is 5.97 Å². The van der Waals surface area contributed by atoms with E-state index in [1.54, 1.807) is 0 Å². The van der Waals surface area contributed by atoms with Gasteiger partial charge in [0, 0.05) is 0 Å². The fourth-order valence-corrected chi connectivity index (χ4v) is 1.02. The molecule has 1 rings (SSSR count). The third kappa shape index (κ3) is 2.46. The van der Waals surface area contributed by atoms with E-state index in [9.17, 15) is 9.70 Å². The van der Waals surface area contributed by atoms with E-state index in [4.69, 9.17) is 11.6 Å². The van der Waals surface area contributed by atoms with Crippen molar-refractivity contribution in [1.29, 1.82) is 0 Å². The van der Waals surface area contributed by atoms with Crippen LogP contribution in [0.4, 0.5) is 0 Å². The first-order chi connectivity index (χ1) is 6.67. The minimum Gasteiger partial charge on any atom is -0.464 e. The SMILES string of the molecule is COC(=O)c1cc(CN=O)nc(Cl)n1. The first kappa shape index (κ1) is 10.5. The summed E-state index contributed by atoms with van der Waals surface area (Å²) in [6, 6.07) is 1.30. The van der Waals surface area contributed by atoms with E-state index in [-0.39, 0.29) is 23.2 Å². The number of nitroso groups, excluding NO2 is 1. The molecule has 0 amide bonds. The van der Waals surface area contributed by atoms with Gasteiger partial charge in [0.15, 0.2) is 5.69 Å². The predicted molar refractivity (Wildman–Crippen MR) is 47.9 cm³/mol. The monoisotopic (exact) mass is 215 g/mol. The zero-order chi connectivity index (χ0) is 10.6. The Hall–Kier alpha value is -1.56. The molecule has 0 aliphatic carbocycles. The van der Waals surface area contributed by atoms with Gasteiger partial charge in [-0.1, -0.05) is 5.18 Å². The van der Waals surface area contributed by atoms with E-state index in [0.29, 0.717) is 0 Å². The fourth-order valence-electron chi connectivity index (χ4n) is 0.822. The van der Waals surface area contributed by atoms with Gasteiger partial charge in [0.1, 0.15) is 6.54 Å². The average Bonchev–Trinajstić information content (AvgIpc) is 2.16. The number of carbonyl (C=O) groups excluding carboxylic acids is 1. The first-order valence-corrected chi connectivity index (χ1v) is 3.96. The Bertz CT molecular complexity index is 369. The van der Waals surface area contributed by atoms with Crippen LogP contribution >= 0.6 is 11.6 Å². The summed E-state index contributed by atoms with van der Waals surface area (Å²) in [5.74, 6) is -0.638. The number of ether oxygens (including phenoxy) is 1. The minimum atomic E-state index is -0.638. The molecule has 0 atom stereocenters. The molecule has 0 unspecified atom stereocenters. The topological polar surface area (TPSA) is 81.5 Å². The number of halogens is 1. The van der Waals surface area contributed by atoms with Crippen LogP contribution in [0.5, 0.6) is 0 Å². The molecule has 1 heterocycles. The summed E-state index contributed by atoms with van der Waals surface area (Å²) in [6.45, 7) is -0.160. The van der Waals surface area contributed by atoms with Gasteiger partial charge in [-0.25, -0.2) is 14.8 Å². The lowest BCUT2D eigenvalue weighted by Gasteiger charge is -2.00. The zero-order valence-corrected chi connectivity index (χ0v) is 7.98. The van der Waals surface area contributed by atoms with Crippen molar-refractivity contribution in [3.05, 3.63) is 27.6 Å². The number of hydrogen-bond donors (Lipinski definition) is 0. The summed E-state index contributed by atoms with van der Waals surface area (Å²) in [7, 11) is 1.22. The summed E-state index contributed by atoms with van der Waals surface area (Å²) >= 11 is 5.51. The lowest BCUT2D eigenvalue weighted by Crippen LogP contribution is -2.06. The number of nitrogens with zero attached hydrogens (tertiary/aromatic N) is 3. The molecule has 1 aromatic heterocycles. The van der Waals surface area contributed by atoms with Crippen molar-refractivity contribution in [2.75, 3.05) is 7.11 Å². The van der Waals surface area contributed by atoms with E-state index in [0.717, 1.165) is 0 Å². The van der Waals surface area contributed by atoms with Crippen LogP contribution in [0.15, 0.2) is 11.2 Å². The van der Waals surface area contributed by atoms with Gasteiger partial charge in [-0.2, -0.15) is 4.91 Å². The van der Waals surface area contributed by atoms with Gasteiger partial charge in [-0.3, -0.25) is 0 Å². The fraction of sp³-hybridized carbons (Fsp3) is 0.286. The Morgan fingerprint density at radius 2 is 2.36 bits per heavy atom. The molecule has 0 saturated heterocycles. The zero-order valence-electron chi connectivity index (χ0n) is 7.23. The van der Waals surface area contributed by atoms with Crippen LogP contribution in [-0.4, -0.2) is 23.0 Å². The molecule has 14 heavy (non-hydrogen) atoms. The summed E-state index contributed by atoms with van der Waals surface area (Å²) in [4.78, 5) is 28.3. The van der Waals surface area contributed by atoms with E-state index in [1.807, 2.05) is 0 Å². The predicted octanol–water partition coefficient (Wildman–Crippen LogP) is 1.18. The van der Waals surface area contributed by atoms with Gasteiger partial charge in [-0.05, 0) is 17.7 Å². The first-order valence-electron chi connectivity index (χ1n) is 3.58. The minimum absolute atomic E-state index is 0.00569. The van der Waals surface area contributed by atoms with Crippen LogP contribution in [0.3, 0.4) is 0 Å². The van der Waals surface area contributed by atoms with Crippen LogP contribution in [0.1, 0.15) is 16.2 Å². The van der Waals surface area contributed by atoms with E-state index in [1.165, 1.54) is 13.2 Å². The van der Waals surface area contributed by atoms with Crippen LogP contribution in [0.25, 0.3) is 0 Å². The van der Waals surface area contributed by atoms with Gasteiger partial charge in [-0.15, -0.1) is 0 Å². The van der Waals surface area contributed by atoms with Gasteiger partial charge in [0.25, 0.3) is 0 Å². The van der Waals surface area contributed by atoms with Crippen molar-refractivity contribution < 1.29 is 9.53 Å². The normalized spacial score (nSPS) is 9.57. The van der Waals surface area contributed by atoms with Crippen LogP contribution in [0, 0.1) is 4.91 Å². The van der Waals surface area contributed by atoms with E-state index in [2.05, 4.69) is 19.9 Å². The van der Waals surface area contributed by atoms with E-state index >= 15 is 0 Å². The third-order valence-corrected chi connectivity index (χ3v) is 1.54. The Kier molecular flexibility index (Phi) is 3.47. The molecular formula is C7H6ClN3O3. The second-order valence-electron chi connectivity index (χ2n) is 2.29. The summed E-state index contributed by atoms with van der Waals surface area (Å²) < 4.78 is 4.43. The Labute approximate surface area is 84.2 Å². The maximum absolute atomic E-state index is 11.0. The Morgan fingerprint density at radius 1 is 1.64 bits per heavy atom. The maximum atomic E-state index is 11.0. The standard InChI is InChI=1S/C7H6ClN3O3/c1-14-6(12)5-2-4(3-9-13)10-7(8)11-5/h2H,3H2,1H3. The molecule has 0 aliphatic heterocycles. The van der Waals surface area contributed by atoms with Crippen molar-refractivity contribution in [2.45, 2.75) is 6.54 Å².